The SMILES string of the molecule is Cc1ccc(C(N)c2cccnc2)c(F)c1. The van der Waals surface area contributed by atoms with Gasteiger partial charge in [0.2, 0.25) is 0 Å². The fourth-order valence-corrected chi connectivity index (χ4v) is 1.62. The number of hydrogen-bond donors (Lipinski definition) is 1. The quantitative estimate of drug-likeness (QED) is 0.838. The molecule has 0 fully saturated rings. The van der Waals surface area contributed by atoms with Crippen LogP contribution in [-0.4, -0.2) is 4.98 Å². The lowest BCUT2D eigenvalue weighted by atomic mass is 9.99. The first-order valence-corrected chi connectivity index (χ1v) is 5.10. The van der Waals surface area contributed by atoms with Crippen molar-refractivity contribution in [3.63, 3.8) is 0 Å². The fourth-order valence-electron chi connectivity index (χ4n) is 1.62. The zero-order chi connectivity index (χ0) is 11.5. The summed E-state index contributed by atoms with van der Waals surface area (Å²) in [5.41, 5.74) is 8.18. The summed E-state index contributed by atoms with van der Waals surface area (Å²) in [5.74, 6) is -0.267. The molecule has 3 heteroatoms. The van der Waals surface area contributed by atoms with Gasteiger partial charge in [-0.2, -0.15) is 0 Å². The van der Waals surface area contributed by atoms with Crippen LogP contribution in [0.1, 0.15) is 22.7 Å². The predicted molar refractivity (Wildman–Crippen MR) is 61.4 cm³/mol. The Morgan fingerprint density at radius 3 is 2.75 bits per heavy atom. The number of aryl methyl sites for hydroxylation is 1. The van der Waals surface area contributed by atoms with E-state index in [9.17, 15) is 4.39 Å². The van der Waals surface area contributed by atoms with Gasteiger partial charge < -0.3 is 5.73 Å². The van der Waals surface area contributed by atoms with E-state index in [-0.39, 0.29) is 5.82 Å². The molecule has 0 bridgehead atoms. The molecule has 1 aromatic heterocycles. The maximum Gasteiger partial charge on any atom is 0.128 e. The predicted octanol–water partition coefficient (Wildman–Crippen LogP) is 2.58. The van der Waals surface area contributed by atoms with Gasteiger partial charge in [0.25, 0.3) is 0 Å². The summed E-state index contributed by atoms with van der Waals surface area (Å²) in [6.07, 6.45) is 3.33. The molecule has 0 saturated heterocycles. The Morgan fingerprint density at radius 1 is 1.31 bits per heavy atom. The average Bonchev–Trinajstić information content (AvgIpc) is 2.29. The van der Waals surface area contributed by atoms with Crippen molar-refractivity contribution in [1.82, 2.24) is 4.98 Å². The molecule has 2 rings (SSSR count). The van der Waals surface area contributed by atoms with Gasteiger partial charge >= 0.3 is 0 Å². The van der Waals surface area contributed by atoms with Gasteiger partial charge in [-0.3, -0.25) is 4.98 Å². The highest BCUT2D eigenvalue weighted by atomic mass is 19.1. The van der Waals surface area contributed by atoms with Crippen LogP contribution in [0.2, 0.25) is 0 Å². The molecule has 1 atom stereocenters. The Balaban J connectivity index is 2.38. The lowest BCUT2D eigenvalue weighted by molar-refractivity contribution is 0.598. The minimum atomic E-state index is -0.464. The molecule has 0 aliphatic carbocycles. The van der Waals surface area contributed by atoms with Crippen LogP contribution in [-0.2, 0) is 0 Å². The highest BCUT2D eigenvalue weighted by Crippen LogP contribution is 2.22. The maximum absolute atomic E-state index is 13.7. The second kappa shape index (κ2) is 4.41. The number of rotatable bonds is 2. The van der Waals surface area contributed by atoms with E-state index in [0.29, 0.717) is 5.56 Å². The third-order valence-corrected chi connectivity index (χ3v) is 2.53. The molecule has 0 radical (unpaired) electrons. The zero-order valence-electron chi connectivity index (χ0n) is 9.02. The number of benzene rings is 1. The Kier molecular flexibility index (Phi) is 2.97. The molecular weight excluding hydrogens is 203 g/mol. The van der Waals surface area contributed by atoms with Gasteiger partial charge in [0.1, 0.15) is 5.82 Å². The van der Waals surface area contributed by atoms with Gasteiger partial charge in [-0.05, 0) is 30.2 Å². The summed E-state index contributed by atoms with van der Waals surface area (Å²) in [6.45, 7) is 1.85. The topological polar surface area (TPSA) is 38.9 Å². The lowest BCUT2D eigenvalue weighted by Gasteiger charge is -2.13. The Morgan fingerprint density at radius 2 is 2.12 bits per heavy atom. The minimum absolute atomic E-state index is 0.267. The van der Waals surface area contributed by atoms with Crippen LogP contribution in [0.25, 0.3) is 0 Å². The normalized spacial score (nSPS) is 12.4. The summed E-state index contributed by atoms with van der Waals surface area (Å²) in [6, 6.07) is 8.25. The summed E-state index contributed by atoms with van der Waals surface area (Å²) < 4.78 is 13.7. The number of hydrogen-bond acceptors (Lipinski definition) is 2. The van der Waals surface area contributed by atoms with E-state index in [1.807, 2.05) is 19.1 Å². The van der Waals surface area contributed by atoms with E-state index in [1.54, 1.807) is 24.5 Å². The third kappa shape index (κ3) is 2.09. The molecule has 0 aliphatic heterocycles. The van der Waals surface area contributed by atoms with Crippen molar-refractivity contribution in [2.45, 2.75) is 13.0 Å². The molecular formula is C13H13FN2. The molecule has 16 heavy (non-hydrogen) atoms. The van der Waals surface area contributed by atoms with E-state index in [1.165, 1.54) is 6.07 Å². The second-order valence-electron chi connectivity index (χ2n) is 3.79. The van der Waals surface area contributed by atoms with Gasteiger partial charge in [-0.1, -0.05) is 18.2 Å². The summed E-state index contributed by atoms with van der Waals surface area (Å²) in [5, 5.41) is 0. The molecule has 2 aromatic rings. The average molecular weight is 216 g/mol. The monoisotopic (exact) mass is 216 g/mol. The van der Waals surface area contributed by atoms with Crippen molar-refractivity contribution >= 4 is 0 Å². The summed E-state index contributed by atoms with van der Waals surface area (Å²) in [4.78, 5) is 3.98. The number of halogens is 1. The number of aromatic nitrogens is 1. The largest absolute Gasteiger partial charge is 0.320 e. The van der Waals surface area contributed by atoms with Crippen molar-refractivity contribution < 1.29 is 4.39 Å². The fraction of sp³-hybridized carbons (Fsp3) is 0.154. The maximum atomic E-state index is 13.7. The van der Waals surface area contributed by atoms with Crippen LogP contribution in [0.5, 0.6) is 0 Å². The van der Waals surface area contributed by atoms with Crippen molar-refractivity contribution in [3.8, 4) is 0 Å². The van der Waals surface area contributed by atoms with E-state index in [2.05, 4.69) is 4.98 Å². The first-order chi connectivity index (χ1) is 7.68. The molecule has 0 saturated carbocycles. The van der Waals surface area contributed by atoms with E-state index in [4.69, 9.17) is 5.73 Å². The molecule has 0 aliphatic rings. The molecule has 1 aromatic carbocycles. The Bertz CT molecular complexity index is 483. The van der Waals surface area contributed by atoms with Crippen molar-refractivity contribution in [1.29, 1.82) is 0 Å². The van der Waals surface area contributed by atoms with Crippen LogP contribution in [0.4, 0.5) is 4.39 Å². The van der Waals surface area contributed by atoms with Crippen molar-refractivity contribution in [3.05, 3.63) is 65.2 Å². The van der Waals surface area contributed by atoms with Crippen molar-refractivity contribution in [2.24, 2.45) is 5.73 Å². The molecule has 1 unspecified atom stereocenters. The molecule has 2 nitrogen and oxygen atoms in total. The molecule has 0 spiro atoms. The standard InChI is InChI=1S/C13H13FN2/c1-9-4-5-11(12(14)7-9)13(15)10-3-2-6-16-8-10/h2-8,13H,15H2,1H3. The molecule has 2 N–H and O–H groups in total. The Hall–Kier alpha value is -1.74. The van der Waals surface area contributed by atoms with E-state index in [0.717, 1.165) is 11.1 Å². The van der Waals surface area contributed by atoms with Crippen LogP contribution in [0.3, 0.4) is 0 Å². The summed E-state index contributed by atoms with van der Waals surface area (Å²) in [7, 11) is 0. The van der Waals surface area contributed by atoms with Gasteiger partial charge in [0.05, 0.1) is 6.04 Å². The van der Waals surface area contributed by atoms with Gasteiger partial charge in [0, 0.05) is 18.0 Å². The highest BCUT2D eigenvalue weighted by Gasteiger charge is 2.13. The highest BCUT2D eigenvalue weighted by molar-refractivity contribution is 5.32. The molecule has 0 amide bonds. The lowest BCUT2D eigenvalue weighted by Crippen LogP contribution is -2.13. The number of nitrogens with zero attached hydrogens (tertiary/aromatic N) is 1. The first-order valence-electron chi connectivity index (χ1n) is 5.10. The minimum Gasteiger partial charge on any atom is -0.320 e. The van der Waals surface area contributed by atoms with Gasteiger partial charge in [-0.15, -0.1) is 0 Å². The van der Waals surface area contributed by atoms with Gasteiger partial charge in [-0.25, -0.2) is 4.39 Å². The van der Waals surface area contributed by atoms with Gasteiger partial charge in [0.15, 0.2) is 0 Å². The third-order valence-electron chi connectivity index (χ3n) is 2.53. The second-order valence-corrected chi connectivity index (χ2v) is 3.79. The zero-order valence-corrected chi connectivity index (χ0v) is 9.02. The number of nitrogens with two attached hydrogens (primary N) is 1. The number of pyridine rings is 1. The van der Waals surface area contributed by atoms with Crippen molar-refractivity contribution in [2.75, 3.05) is 0 Å². The van der Waals surface area contributed by atoms with Crippen LogP contribution < -0.4 is 5.73 Å². The van der Waals surface area contributed by atoms with E-state index >= 15 is 0 Å². The Labute approximate surface area is 93.9 Å². The first kappa shape index (κ1) is 10.8. The van der Waals surface area contributed by atoms with Crippen LogP contribution in [0.15, 0.2) is 42.7 Å². The summed E-state index contributed by atoms with van der Waals surface area (Å²) >= 11 is 0. The molecule has 82 valence electrons. The molecule has 1 heterocycles. The van der Waals surface area contributed by atoms with E-state index < -0.39 is 6.04 Å². The van der Waals surface area contributed by atoms with Crippen LogP contribution in [0, 0.1) is 12.7 Å². The van der Waals surface area contributed by atoms with Crippen LogP contribution >= 0.6 is 0 Å². The smallest absolute Gasteiger partial charge is 0.128 e.